The molecule has 46 valence electrons. The maximum Gasteiger partial charge on any atom is 0.310 e. The van der Waals surface area contributed by atoms with Crippen molar-refractivity contribution < 1.29 is 4.63 Å². The Kier molecular flexibility index (Phi) is 1.21. The van der Waals surface area contributed by atoms with Gasteiger partial charge >= 0.3 is 5.56 Å². The molecule has 0 aromatic carbocycles. The molecule has 0 amide bonds. The average Bonchev–Trinajstić information content (AvgIpc) is 2.18. The minimum absolute atomic E-state index is 0.308. The van der Waals surface area contributed by atoms with Gasteiger partial charge in [0.15, 0.2) is 0 Å². The number of hydrogen-bond acceptors (Lipinski definition) is 4. The van der Waals surface area contributed by atoms with Crippen LogP contribution in [0, 0.1) is 0 Å². The predicted molar refractivity (Wildman–Crippen MR) is 25.9 cm³/mol. The summed E-state index contributed by atoms with van der Waals surface area (Å²) < 4.78 is 4.05. The summed E-state index contributed by atoms with van der Waals surface area (Å²) in [5.74, 6) is -0.308. The highest BCUT2D eigenvalue weighted by Crippen LogP contribution is 1.94. The lowest BCUT2D eigenvalue weighted by Gasteiger charge is -1.63. The molecule has 1 N–H and O–H groups in total. The standard InChI is InChI=1S/C2HN5O2/c3-7-4-1-2(8)6-9-5-1/h(H,6,8). The molecular weight excluding hydrogens is 126 g/mol. The average molecular weight is 127 g/mol. The van der Waals surface area contributed by atoms with E-state index in [2.05, 4.69) is 19.8 Å². The van der Waals surface area contributed by atoms with E-state index in [1.165, 1.54) is 0 Å². The fraction of sp³-hybridized carbons (Fsp3) is 0. The quantitative estimate of drug-likeness (QED) is 0.333. The third kappa shape index (κ3) is 0.892. The van der Waals surface area contributed by atoms with E-state index < -0.39 is 5.56 Å². The van der Waals surface area contributed by atoms with Crippen LogP contribution in [0.15, 0.2) is 14.5 Å². The highest BCUT2D eigenvalue weighted by Gasteiger charge is 1.97. The number of hydrogen-bond donors (Lipinski definition) is 1. The van der Waals surface area contributed by atoms with E-state index in [0.29, 0.717) is 0 Å². The van der Waals surface area contributed by atoms with Crippen LogP contribution in [-0.2, 0) is 0 Å². The van der Waals surface area contributed by atoms with E-state index in [-0.39, 0.29) is 5.82 Å². The topological polar surface area (TPSA) is 108 Å². The number of nitrogens with zero attached hydrogens (tertiary/aromatic N) is 4. The van der Waals surface area contributed by atoms with Crippen molar-refractivity contribution in [3.8, 4) is 0 Å². The lowest BCUT2D eigenvalue weighted by Crippen LogP contribution is -1.95. The number of aromatic amines is 1. The summed E-state index contributed by atoms with van der Waals surface area (Å²) in [5, 5.41) is 7.79. The first-order valence-corrected chi connectivity index (χ1v) is 1.94. The lowest BCUT2D eigenvalue weighted by molar-refractivity contribution is 0.305. The summed E-state index contributed by atoms with van der Waals surface area (Å²) in [5.41, 5.74) is 7.15. The monoisotopic (exact) mass is 127 g/mol. The second-order valence-corrected chi connectivity index (χ2v) is 1.13. The van der Waals surface area contributed by atoms with Gasteiger partial charge in [0.05, 0.1) is 0 Å². The molecule has 9 heavy (non-hydrogen) atoms. The van der Waals surface area contributed by atoms with Crippen molar-refractivity contribution in [2.45, 2.75) is 0 Å². The van der Waals surface area contributed by atoms with Crippen LogP contribution in [0.4, 0.5) is 5.82 Å². The molecule has 0 aliphatic rings. The molecule has 0 radical (unpaired) electrons. The molecule has 0 saturated heterocycles. The van der Waals surface area contributed by atoms with Crippen molar-refractivity contribution in [1.29, 1.82) is 0 Å². The molecule has 0 unspecified atom stereocenters. The zero-order valence-electron chi connectivity index (χ0n) is 4.11. The Hall–Kier alpha value is -1.75. The van der Waals surface area contributed by atoms with E-state index in [4.69, 9.17) is 5.53 Å². The van der Waals surface area contributed by atoms with E-state index in [9.17, 15) is 4.79 Å². The van der Waals surface area contributed by atoms with Gasteiger partial charge in [-0.25, -0.2) is 0 Å². The molecule has 1 rings (SSSR count). The van der Waals surface area contributed by atoms with Gasteiger partial charge in [0.25, 0.3) is 0 Å². The van der Waals surface area contributed by atoms with E-state index in [0.717, 1.165) is 0 Å². The molecule has 0 aliphatic carbocycles. The number of nitrogens with one attached hydrogen (secondary N) is 1. The minimum atomic E-state index is -0.632. The van der Waals surface area contributed by atoms with Gasteiger partial charge in [0.1, 0.15) is 0 Å². The van der Waals surface area contributed by atoms with Crippen LogP contribution in [-0.4, -0.2) is 10.3 Å². The molecule has 1 heterocycles. The molecule has 1 aromatic heterocycles. The molecule has 0 atom stereocenters. The van der Waals surface area contributed by atoms with Crippen molar-refractivity contribution in [3.05, 3.63) is 20.8 Å². The Morgan fingerprint density at radius 2 is 2.67 bits per heavy atom. The van der Waals surface area contributed by atoms with Gasteiger partial charge in [0, 0.05) is 4.91 Å². The lowest BCUT2D eigenvalue weighted by atomic mass is 10.8. The number of aromatic nitrogens is 2. The van der Waals surface area contributed by atoms with Gasteiger partial charge in [-0.1, -0.05) is 0 Å². The Morgan fingerprint density at radius 1 is 1.89 bits per heavy atom. The van der Waals surface area contributed by atoms with Crippen LogP contribution in [0.1, 0.15) is 0 Å². The molecular formula is C2HN5O2. The normalized spacial score (nSPS) is 8.44. The van der Waals surface area contributed by atoms with Crippen molar-refractivity contribution in [3.63, 3.8) is 0 Å². The molecule has 0 aliphatic heterocycles. The van der Waals surface area contributed by atoms with Gasteiger partial charge in [0.2, 0.25) is 5.82 Å². The Balaban J connectivity index is 3.23. The van der Waals surface area contributed by atoms with E-state index in [1.807, 2.05) is 5.16 Å². The number of H-pyrrole nitrogens is 1. The smallest absolute Gasteiger partial charge is 0.267 e. The van der Waals surface area contributed by atoms with Crippen LogP contribution in [0.3, 0.4) is 0 Å². The van der Waals surface area contributed by atoms with E-state index in [1.54, 1.807) is 0 Å². The van der Waals surface area contributed by atoms with Gasteiger partial charge in [-0.05, 0) is 15.8 Å². The third-order valence-corrected chi connectivity index (χ3v) is 0.613. The first-order chi connectivity index (χ1) is 4.34. The minimum Gasteiger partial charge on any atom is -0.267 e. The Bertz CT molecular complexity index is 290. The van der Waals surface area contributed by atoms with Crippen molar-refractivity contribution in [1.82, 2.24) is 10.3 Å². The largest absolute Gasteiger partial charge is 0.310 e. The summed E-state index contributed by atoms with van der Waals surface area (Å²) in [4.78, 5) is 12.7. The fourth-order valence-corrected chi connectivity index (χ4v) is 0.301. The molecule has 0 fully saturated rings. The van der Waals surface area contributed by atoms with Gasteiger partial charge in [-0.3, -0.25) is 9.42 Å². The van der Waals surface area contributed by atoms with Crippen LogP contribution >= 0.6 is 0 Å². The van der Waals surface area contributed by atoms with Gasteiger partial charge in [-0.15, -0.1) is 0 Å². The Labute approximate surface area is 47.9 Å². The molecule has 7 nitrogen and oxygen atoms in total. The number of rotatable bonds is 1. The molecule has 0 saturated carbocycles. The van der Waals surface area contributed by atoms with Crippen molar-refractivity contribution >= 4 is 5.82 Å². The summed E-state index contributed by atoms with van der Waals surface area (Å²) in [6, 6.07) is 0. The molecule has 1 aromatic rings. The summed E-state index contributed by atoms with van der Waals surface area (Å²) in [6.45, 7) is 0. The van der Waals surface area contributed by atoms with Crippen LogP contribution in [0.5, 0.6) is 0 Å². The summed E-state index contributed by atoms with van der Waals surface area (Å²) in [7, 11) is 0. The molecule has 0 spiro atoms. The van der Waals surface area contributed by atoms with Gasteiger partial charge in [-0.2, -0.15) is 5.16 Å². The van der Waals surface area contributed by atoms with Crippen molar-refractivity contribution in [2.24, 2.45) is 5.11 Å². The second kappa shape index (κ2) is 2.01. The number of azide groups is 1. The SMILES string of the molecule is [N-]=[N+]=Nc1no[nH]c1=O. The van der Waals surface area contributed by atoms with E-state index >= 15 is 0 Å². The highest BCUT2D eigenvalue weighted by molar-refractivity contribution is 5.17. The fourth-order valence-electron chi connectivity index (χ4n) is 0.301. The molecule has 7 heteroatoms. The first kappa shape index (κ1) is 5.39. The highest BCUT2D eigenvalue weighted by atomic mass is 16.6. The van der Waals surface area contributed by atoms with Crippen molar-refractivity contribution in [2.75, 3.05) is 0 Å². The summed E-state index contributed by atoms with van der Waals surface area (Å²) in [6.07, 6.45) is 0. The Morgan fingerprint density at radius 3 is 3.11 bits per heavy atom. The van der Waals surface area contributed by atoms with Crippen LogP contribution in [0.25, 0.3) is 10.4 Å². The zero-order valence-corrected chi connectivity index (χ0v) is 4.11. The second-order valence-electron chi connectivity index (χ2n) is 1.13. The maximum absolute atomic E-state index is 10.3. The first-order valence-electron chi connectivity index (χ1n) is 1.94. The molecule has 0 bridgehead atoms. The third-order valence-electron chi connectivity index (χ3n) is 0.613. The summed E-state index contributed by atoms with van der Waals surface area (Å²) >= 11 is 0. The van der Waals surface area contributed by atoms with Crippen LogP contribution < -0.4 is 5.56 Å². The predicted octanol–water partition coefficient (Wildman–Crippen LogP) is 0.305. The van der Waals surface area contributed by atoms with Gasteiger partial charge < -0.3 is 0 Å². The zero-order chi connectivity index (χ0) is 6.69. The van der Waals surface area contributed by atoms with Crippen LogP contribution in [0.2, 0.25) is 0 Å². The maximum atomic E-state index is 10.3.